The van der Waals surface area contributed by atoms with Gasteiger partial charge in [0.25, 0.3) is 17.7 Å². The van der Waals surface area contributed by atoms with Crippen LogP contribution in [0, 0.1) is 37.5 Å². The Hall–Kier alpha value is -5.54. The van der Waals surface area contributed by atoms with E-state index in [1.165, 1.54) is 33.0 Å². The molecule has 1 aliphatic heterocycles. The van der Waals surface area contributed by atoms with Gasteiger partial charge in [0.1, 0.15) is 16.5 Å². The summed E-state index contributed by atoms with van der Waals surface area (Å²) in [4.78, 5) is 54.0. The van der Waals surface area contributed by atoms with Gasteiger partial charge in [-0.1, -0.05) is 42.7 Å². The van der Waals surface area contributed by atoms with Crippen LogP contribution in [0.5, 0.6) is 0 Å². The molecule has 58 heavy (non-hydrogen) atoms. The quantitative estimate of drug-likeness (QED) is 0.0154. The van der Waals surface area contributed by atoms with Gasteiger partial charge in [0.2, 0.25) is 0 Å². The summed E-state index contributed by atoms with van der Waals surface area (Å²) in [5.41, 5.74) is 15.1. The van der Waals surface area contributed by atoms with E-state index in [1.807, 2.05) is 32.0 Å². The SMILES string of the molecule is CCCSc1nc(NCCN)c(N)c(N(N)Cc2ccc(C#CC(=O)NCCOCCNC(=O)C#Cc3c(C)sc4c3C(=O)N(c3cc(C)ccn3)C(S)N4)cc2)n1. The number of thioether (sulfide) groups is 1. The molecule has 0 aliphatic carbocycles. The Labute approximate surface area is 351 Å². The molecule has 0 saturated carbocycles. The van der Waals surface area contributed by atoms with Crippen molar-refractivity contribution in [1.82, 2.24) is 25.6 Å². The van der Waals surface area contributed by atoms with Gasteiger partial charge in [-0.3, -0.25) is 24.3 Å². The molecule has 3 aromatic heterocycles. The maximum atomic E-state index is 13.6. The van der Waals surface area contributed by atoms with Gasteiger partial charge < -0.3 is 37.5 Å². The van der Waals surface area contributed by atoms with Crippen molar-refractivity contribution in [1.29, 1.82) is 0 Å². The van der Waals surface area contributed by atoms with Crippen molar-refractivity contribution in [2.45, 2.75) is 44.4 Å². The molecule has 304 valence electrons. The number of amides is 3. The molecule has 3 amide bonds. The smallest absolute Gasteiger partial charge is 0.296 e. The predicted octanol–water partition coefficient (Wildman–Crippen LogP) is 2.82. The van der Waals surface area contributed by atoms with Crippen molar-refractivity contribution in [2.75, 3.05) is 71.4 Å². The first kappa shape index (κ1) is 43.6. The molecule has 4 aromatic rings. The average molecular weight is 843 g/mol. The van der Waals surface area contributed by atoms with Crippen molar-refractivity contribution < 1.29 is 19.1 Å². The first-order valence-electron chi connectivity index (χ1n) is 18.4. The summed E-state index contributed by atoms with van der Waals surface area (Å²) in [5, 5.41) is 14.4. The first-order valence-corrected chi connectivity index (χ1v) is 20.7. The molecule has 1 aromatic carbocycles. The van der Waals surface area contributed by atoms with E-state index in [9.17, 15) is 14.4 Å². The number of aromatic nitrogens is 3. The molecule has 0 spiro atoms. The standard InChI is InChI=1S/C39H46N12O4S3/c1-4-21-57-38-47-34(46-16-14-40)33(41)35(48-38)50(42)23-27-7-5-26(6-8-27)9-11-30(52)44-17-19-55-20-18-45-31(53)12-10-28-25(3)58-36-32(28)37(54)51(39(56)49-36)29-22-24(2)13-15-43-29/h5-8,13,15,22,39,49,56H,4,14,16-21,23,40-42H2,1-3H3,(H,44,52)(H,45,53)(H,46,47,48). The predicted molar refractivity (Wildman–Crippen MR) is 234 cm³/mol. The molecular weight excluding hydrogens is 797 g/mol. The van der Waals surface area contributed by atoms with E-state index in [-0.39, 0.29) is 32.2 Å². The number of benzene rings is 1. The van der Waals surface area contributed by atoms with Crippen LogP contribution in [-0.2, 0) is 20.9 Å². The number of carbonyl (C=O) groups is 3. The summed E-state index contributed by atoms with van der Waals surface area (Å²) in [6, 6.07) is 11.0. The lowest BCUT2D eigenvalue weighted by atomic mass is 10.1. The highest BCUT2D eigenvalue weighted by molar-refractivity contribution is 7.99. The Kier molecular flexibility index (Phi) is 16.0. The molecule has 1 atom stereocenters. The molecule has 0 saturated heterocycles. The van der Waals surface area contributed by atoms with E-state index in [0.717, 1.165) is 28.2 Å². The normalized spacial score (nSPS) is 13.0. The second kappa shape index (κ2) is 21.3. The number of carbonyl (C=O) groups excluding carboxylic acids is 3. The molecule has 19 heteroatoms. The van der Waals surface area contributed by atoms with Gasteiger partial charge in [-0.25, -0.2) is 20.8 Å². The number of nitrogens with two attached hydrogens (primary N) is 3. The van der Waals surface area contributed by atoms with Crippen molar-refractivity contribution in [3.63, 3.8) is 0 Å². The van der Waals surface area contributed by atoms with Gasteiger partial charge in [-0.15, -0.1) is 24.0 Å². The Balaban J connectivity index is 1.03. The number of hydrogen-bond donors (Lipinski definition) is 8. The zero-order valence-electron chi connectivity index (χ0n) is 32.3. The maximum Gasteiger partial charge on any atom is 0.296 e. The van der Waals surface area contributed by atoms with Gasteiger partial charge in [0, 0.05) is 60.4 Å². The second-order valence-corrected chi connectivity index (χ2v) is 15.5. The number of nitrogens with zero attached hydrogens (tertiary/aromatic N) is 5. The molecule has 16 nitrogen and oxygen atoms in total. The number of hydrogen-bond acceptors (Lipinski definition) is 16. The zero-order chi connectivity index (χ0) is 41.6. The Bertz CT molecular complexity index is 2230. The van der Waals surface area contributed by atoms with Crippen LogP contribution in [0.1, 0.15) is 50.8 Å². The average Bonchev–Trinajstić information content (AvgIpc) is 3.52. The summed E-state index contributed by atoms with van der Waals surface area (Å²) >= 11 is 7.46. The second-order valence-electron chi connectivity index (χ2n) is 12.7. The van der Waals surface area contributed by atoms with Crippen molar-refractivity contribution in [3.8, 4) is 23.7 Å². The number of hydrazine groups is 1. The van der Waals surface area contributed by atoms with Crippen molar-refractivity contribution >= 4 is 81.6 Å². The summed E-state index contributed by atoms with van der Waals surface area (Å²) in [6.45, 7) is 7.94. The highest BCUT2D eigenvalue weighted by Gasteiger charge is 2.36. The number of anilines is 5. The van der Waals surface area contributed by atoms with Crippen LogP contribution in [0.15, 0.2) is 47.8 Å². The van der Waals surface area contributed by atoms with Crippen LogP contribution in [0.2, 0.25) is 0 Å². The number of ether oxygens (including phenoxy) is 1. The maximum absolute atomic E-state index is 13.6. The minimum absolute atomic E-state index is 0.201. The van der Waals surface area contributed by atoms with Crippen LogP contribution >= 0.6 is 35.7 Å². The van der Waals surface area contributed by atoms with Gasteiger partial charge in [0.15, 0.2) is 22.3 Å². The lowest BCUT2D eigenvalue weighted by Crippen LogP contribution is -2.46. The van der Waals surface area contributed by atoms with E-state index in [2.05, 4.69) is 79.5 Å². The fourth-order valence-electron chi connectivity index (χ4n) is 5.41. The number of thiol groups is 1. The molecular formula is C39H46N12O4S3. The lowest BCUT2D eigenvalue weighted by Gasteiger charge is -2.33. The van der Waals surface area contributed by atoms with E-state index in [1.54, 1.807) is 24.4 Å². The number of nitrogens with one attached hydrogen (secondary N) is 4. The Morgan fingerprint density at radius 3 is 2.45 bits per heavy atom. The molecule has 0 radical (unpaired) electrons. The number of pyridine rings is 1. The molecule has 0 fully saturated rings. The zero-order valence-corrected chi connectivity index (χ0v) is 34.9. The van der Waals surface area contributed by atoms with Crippen LogP contribution < -0.4 is 48.5 Å². The van der Waals surface area contributed by atoms with Gasteiger partial charge in [-0.2, -0.15) is 0 Å². The Morgan fingerprint density at radius 1 is 1.07 bits per heavy atom. The van der Waals surface area contributed by atoms with Crippen LogP contribution in [0.25, 0.3) is 0 Å². The third-order valence-electron chi connectivity index (χ3n) is 8.21. The minimum atomic E-state index is -0.612. The molecule has 5 rings (SSSR count). The van der Waals surface area contributed by atoms with E-state index < -0.39 is 17.3 Å². The van der Waals surface area contributed by atoms with Crippen molar-refractivity contribution in [3.05, 3.63) is 75.3 Å². The van der Waals surface area contributed by atoms with Gasteiger partial charge in [0.05, 0.1) is 30.9 Å². The number of rotatable bonds is 16. The largest absolute Gasteiger partial charge is 0.393 e. The summed E-state index contributed by atoms with van der Waals surface area (Å²) < 4.78 is 5.52. The van der Waals surface area contributed by atoms with E-state index in [4.69, 9.17) is 22.0 Å². The molecule has 0 bridgehead atoms. The summed E-state index contributed by atoms with van der Waals surface area (Å²) in [7, 11) is 0. The van der Waals surface area contributed by atoms with Gasteiger partial charge >= 0.3 is 0 Å². The highest BCUT2D eigenvalue weighted by Crippen LogP contribution is 2.39. The number of fused-ring (bicyclic) bond motifs is 1. The van der Waals surface area contributed by atoms with Crippen LogP contribution in [-0.4, -0.2) is 83.3 Å². The number of thiophene rings is 1. The van der Waals surface area contributed by atoms with E-state index >= 15 is 0 Å². The van der Waals surface area contributed by atoms with E-state index in [0.29, 0.717) is 69.6 Å². The lowest BCUT2D eigenvalue weighted by molar-refractivity contribution is -0.116. The first-order chi connectivity index (χ1) is 28.0. The molecule has 10 N–H and O–H groups in total. The summed E-state index contributed by atoms with van der Waals surface area (Å²) in [5.74, 6) is 18.2. The number of nitrogen functional groups attached to an aromatic ring is 1. The fourth-order valence-corrected chi connectivity index (χ4v) is 7.57. The molecule has 4 heterocycles. The monoisotopic (exact) mass is 842 g/mol. The molecule has 1 aliphatic rings. The van der Waals surface area contributed by atoms with Crippen LogP contribution in [0.3, 0.4) is 0 Å². The van der Waals surface area contributed by atoms with Gasteiger partial charge in [-0.05, 0) is 55.7 Å². The Morgan fingerprint density at radius 2 is 1.78 bits per heavy atom. The number of aryl methyl sites for hydroxylation is 2. The third kappa shape index (κ3) is 11.8. The van der Waals surface area contributed by atoms with Crippen LogP contribution in [0.4, 0.5) is 28.1 Å². The summed E-state index contributed by atoms with van der Waals surface area (Å²) in [6.07, 6.45) is 2.60. The van der Waals surface area contributed by atoms with Crippen molar-refractivity contribution in [2.24, 2.45) is 11.6 Å². The fraction of sp³-hybridized carbons (Fsp3) is 0.333. The molecule has 1 unspecified atom stereocenters. The minimum Gasteiger partial charge on any atom is -0.393 e. The third-order valence-corrected chi connectivity index (χ3v) is 10.7. The topological polar surface area (TPSA) is 232 Å². The highest BCUT2D eigenvalue weighted by atomic mass is 32.2.